The number of carboxylic acids is 1. The molecule has 1 N–H and O–H groups in total. The van der Waals surface area contributed by atoms with Gasteiger partial charge in [-0.05, 0) is 5.56 Å². The van der Waals surface area contributed by atoms with Crippen molar-refractivity contribution >= 4 is 41.5 Å². The Kier molecular flexibility index (Phi) is 7.03. The van der Waals surface area contributed by atoms with Gasteiger partial charge in [-0.1, -0.05) is 30.3 Å². The molecule has 5 heteroatoms. The number of rotatable bonds is 4. The number of hydrogen-bond acceptors (Lipinski definition) is 3. The third-order valence-electron chi connectivity index (χ3n) is 1.54. The van der Waals surface area contributed by atoms with E-state index in [1.165, 1.54) is 0 Å². The van der Waals surface area contributed by atoms with Gasteiger partial charge in [0.2, 0.25) is 0 Å². The summed E-state index contributed by atoms with van der Waals surface area (Å²) in [5.74, 6) is -1.90. The summed E-state index contributed by atoms with van der Waals surface area (Å²) in [6.45, 7) is 0.118. The zero-order valence-corrected chi connectivity index (χ0v) is 7.47. The van der Waals surface area contributed by atoms with Crippen molar-refractivity contribution < 1.29 is 19.4 Å². The zero-order chi connectivity index (χ0) is 10.4. The van der Waals surface area contributed by atoms with Crippen molar-refractivity contribution in [3.63, 3.8) is 0 Å². The molecule has 1 aromatic carbocycles. The molecule has 0 saturated carbocycles. The van der Waals surface area contributed by atoms with E-state index in [-0.39, 0.29) is 36.2 Å². The molecular weight excluding hydrogens is 207 g/mol. The minimum atomic E-state index is -1.18. The Labute approximate surface area is 110 Å². The molecule has 0 saturated heterocycles. The van der Waals surface area contributed by atoms with Gasteiger partial charge in [0.25, 0.3) is 0 Å². The molecule has 0 aliphatic heterocycles. The summed E-state index contributed by atoms with van der Waals surface area (Å²) in [6.07, 6.45) is -0.590. The Morgan fingerprint density at radius 1 is 1.20 bits per heavy atom. The molecule has 0 fully saturated rings. The van der Waals surface area contributed by atoms with Crippen molar-refractivity contribution in [2.24, 2.45) is 0 Å². The summed E-state index contributed by atoms with van der Waals surface area (Å²) in [6, 6.07) is 9.09. The van der Waals surface area contributed by atoms with Crippen LogP contribution in [0.25, 0.3) is 0 Å². The molecular formula is C10H11NaO4. The topological polar surface area (TPSA) is 63.6 Å². The summed E-state index contributed by atoms with van der Waals surface area (Å²) >= 11 is 0. The Hall–Kier alpha value is -0.840. The Balaban J connectivity index is 0.00000196. The SMILES string of the molecule is O=C(O)CC(=O)OCc1ccccc1.[NaH]. The van der Waals surface area contributed by atoms with Crippen molar-refractivity contribution in [3.8, 4) is 0 Å². The van der Waals surface area contributed by atoms with E-state index in [0.29, 0.717) is 0 Å². The van der Waals surface area contributed by atoms with Gasteiger partial charge in [-0.15, -0.1) is 0 Å². The van der Waals surface area contributed by atoms with Crippen LogP contribution in [0.15, 0.2) is 30.3 Å². The second-order valence-electron chi connectivity index (χ2n) is 2.72. The van der Waals surface area contributed by atoms with E-state index in [2.05, 4.69) is 0 Å². The molecule has 0 radical (unpaired) electrons. The maximum atomic E-state index is 10.8. The summed E-state index contributed by atoms with van der Waals surface area (Å²) in [4.78, 5) is 20.9. The van der Waals surface area contributed by atoms with Crippen molar-refractivity contribution in [2.45, 2.75) is 13.0 Å². The molecule has 0 aliphatic carbocycles. The van der Waals surface area contributed by atoms with Gasteiger partial charge in [-0.3, -0.25) is 9.59 Å². The fourth-order valence-electron chi connectivity index (χ4n) is 0.913. The maximum absolute atomic E-state index is 10.8. The van der Waals surface area contributed by atoms with Gasteiger partial charge in [0.05, 0.1) is 0 Å². The van der Waals surface area contributed by atoms with Crippen LogP contribution in [0.3, 0.4) is 0 Å². The molecule has 0 aliphatic rings. The van der Waals surface area contributed by atoms with E-state index in [0.717, 1.165) is 5.56 Å². The average Bonchev–Trinajstić information content (AvgIpc) is 2.15. The van der Waals surface area contributed by atoms with Crippen LogP contribution < -0.4 is 0 Å². The average molecular weight is 218 g/mol. The van der Waals surface area contributed by atoms with E-state index < -0.39 is 18.4 Å². The van der Waals surface area contributed by atoms with Gasteiger partial charge in [0.15, 0.2) is 0 Å². The molecule has 0 heterocycles. The fourth-order valence-corrected chi connectivity index (χ4v) is 0.913. The molecule has 0 unspecified atom stereocenters. The normalized spacial score (nSPS) is 8.80. The molecule has 76 valence electrons. The second-order valence-corrected chi connectivity index (χ2v) is 2.72. The second kappa shape index (κ2) is 7.45. The number of carbonyl (C=O) groups excluding carboxylic acids is 1. The van der Waals surface area contributed by atoms with Crippen LogP contribution in [0.5, 0.6) is 0 Å². The fraction of sp³-hybridized carbons (Fsp3) is 0.200. The molecule has 0 bridgehead atoms. The van der Waals surface area contributed by atoms with Crippen LogP contribution in [0.4, 0.5) is 0 Å². The predicted octanol–water partition coefficient (Wildman–Crippen LogP) is 0.556. The molecule has 0 atom stereocenters. The van der Waals surface area contributed by atoms with Gasteiger partial charge in [-0.25, -0.2) is 0 Å². The monoisotopic (exact) mass is 218 g/mol. The first kappa shape index (κ1) is 14.2. The van der Waals surface area contributed by atoms with E-state index in [1.54, 1.807) is 12.1 Å². The van der Waals surface area contributed by atoms with Gasteiger partial charge in [0, 0.05) is 0 Å². The summed E-state index contributed by atoms with van der Waals surface area (Å²) in [5, 5.41) is 8.28. The van der Waals surface area contributed by atoms with E-state index in [1.807, 2.05) is 18.2 Å². The third-order valence-corrected chi connectivity index (χ3v) is 1.54. The van der Waals surface area contributed by atoms with Crippen LogP contribution >= 0.6 is 0 Å². The van der Waals surface area contributed by atoms with Gasteiger partial charge in [-0.2, -0.15) is 0 Å². The Morgan fingerprint density at radius 3 is 2.33 bits per heavy atom. The van der Waals surface area contributed by atoms with Crippen LogP contribution in [-0.4, -0.2) is 46.6 Å². The number of ether oxygens (including phenoxy) is 1. The summed E-state index contributed by atoms with van der Waals surface area (Å²) in [5.41, 5.74) is 0.839. The third kappa shape index (κ3) is 6.28. The van der Waals surface area contributed by atoms with Crippen LogP contribution in [0.1, 0.15) is 12.0 Å². The molecule has 1 aromatic rings. The summed E-state index contributed by atoms with van der Waals surface area (Å²) in [7, 11) is 0. The van der Waals surface area contributed by atoms with E-state index in [4.69, 9.17) is 9.84 Å². The molecule has 0 spiro atoms. The number of esters is 1. The number of aliphatic carboxylic acids is 1. The Morgan fingerprint density at radius 2 is 1.80 bits per heavy atom. The van der Waals surface area contributed by atoms with Gasteiger partial charge in [0.1, 0.15) is 13.0 Å². The first-order valence-electron chi connectivity index (χ1n) is 4.10. The van der Waals surface area contributed by atoms with Crippen molar-refractivity contribution in [1.82, 2.24) is 0 Å². The molecule has 15 heavy (non-hydrogen) atoms. The van der Waals surface area contributed by atoms with Crippen molar-refractivity contribution in [3.05, 3.63) is 35.9 Å². The van der Waals surface area contributed by atoms with E-state index in [9.17, 15) is 9.59 Å². The molecule has 1 rings (SSSR count). The van der Waals surface area contributed by atoms with Crippen LogP contribution in [0.2, 0.25) is 0 Å². The zero-order valence-electron chi connectivity index (χ0n) is 7.47. The van der Waals surface area contributed by atoms with Crippen molar-refractivity contribution in [2.75, 3.05) is 0 Å². The predicted molar refractivity (Wildman–Crippen MR) is 55.6 cm³/mol. The van der Waals surface area contributed by atoms with E-state index >= 15 is 0 Å². The molecule has 0 aromatic heterocycles. The number of carbonyl (C=O) groups is 2. The number of hydrogen-bond donors (Lipinski definition) is 1. The van der Waals surface area contributed by atoms with Crippen LogP contribution in [0, 0.1) is 0 Å². The van der Waals surface area contributed by atoms with Gasteiger partial charge >= 0.3 is 41.5 Å². The van der Waals surface area contributed by atoms with Crippen LogP contribution in [-0.2, 0) is 20.9 Å². The molecule has 4 nitrogen and oxygen atoms in total. The first-order chi connectivity index (χ1) is 6.68. The standard InChI is InChI=1S/C10H10O4.Na.H/c11-9(12)6-10(13)14-7-8-4-2-1-3-5-8;;/h1-5H,6-7H2,(H,11,12);;. The quantitative estimate of drug-likeness (QED) is 0.455. The minimum absolute atomic E-state index is 0. The van der Waals surface area contributed by atoms with Gasteiger partial charge < -0.3 is 9.84 Å². The number of carboxylic acid groups (broad SMARTS) is 1. The molecule has 0 amide bonds. The summed E-state index contributed by atoms with van der Waals surface area (Å²) < 4.78 is 4.72. The Bertz CT molecular complexity index is 323. The number of benzene rings is 1. The van der Waals surface area contributed by atoms with Crippen molar-refractivity contribution in [1.29, 1.82) is 0 Å². The first-order valence-corrected chi connectivity index (χ1v) is 4.10.